The van der Waals surface area contributed by atoms with Crippen molar-refractivity contribution < 1.29 is 27.9 Å². The van der Waals surface area contributed by atoms with Crippen LogP contribution in [0.25, 0.3) is 0 Å². The number of aromatic carboxylic acids is 1. The first-order chi connectivity index (χ1) is 11.1. The predicted molar refractivity (Wildman–Crippen MR) is 78.6 cm³/mol. The molecule has 2 aromatic rings. The number of aromatic nitrogens is 2. The number of hydrogen-bond donors (Lipinski definition) is 1. The largest absolute Gasteiger partial charge is 0.478 e. The summed E-state index contributed by atoms with van der Waals surface area (Å²) in [6.45, 7) is 1.34. The van der Waals surface area contributed by atoms with Gasteiger partial charge >= 0.3 is 18.1 Å². The molecule has 1 aromatic heterocycles. The van der Waals surface area contributed by atoms with Crippen LogP contribution in [0.15, 0.2) is 30.5 Å². The first-order valence-electron chi connectivity index (χ1n) is 6.80. The van der Waals surface area contributed by atoms with E-state index in [9.17, 15) is 22.8 Å². The van der Waals surface area contributed by atoms with Gasteiger partial charge in [-0.3, -0.25) is 9.48 Å². The number of carboxylic acids is 1. The minimum Gasteiger partial charge on any atom is -0.478 e. The summed E-state index contributed by atoms with van der Waals surface area (Å²) in [6.07, 6.45) is -3.67. The van der Waals surface area contributed by atoms with Gasteiger partial charge in [-0.15, -0.1) is 0 Å². The number of anilines is 1. The van der Waals surface area contributed by atoms with Gasteiger partial charge in [0.1, 0.15) is 0 Å². The second-order valence-corrected chi connectivity index (χ2v) is 5.12. The molecular formula is C15H14F3N3O3. The van der Waals surface area contributed by atoms with Crippen LogP contribution in [0.5, 0.6) is 0 Å². The Hall–Kier alpha value is -2.84. The van der Waals surface area contributed by atoms with Crippen molar-refractivity contribution in [1.29, 1.82) is 0 Å². The molecule has 24 heavy (non-hydrogen) atoms. The Balaban J connectivity index is 2.41. The van der Waals surface area contributed by atoms with E-state index in [1.54, 1.807) is 14.0 Å². The molecule has 1 amide bonds. The third-order valence-electron chi connectivity index (χ3n) is 3.58. The summed E-state index contributed by atoms with van der Waals surface area (Å²) in [5, 5.41) is 12.8. The molecule has 9 heteroatoms. The fourth-order valence-electron chi connectivity index (χ4n) is 2.09. The maximum Gasteiger partial charge on any atom is 0.471 e. The van der Waals surface area contributed by atoms with Crippen molar-refractivity contribution in [3.05, 3.63) is 47.3 Å². The highest BCUT2D eigenvalue weighted by Crippen LogP contribution is 2.26. The Morgan fingerprint density at radius 1 is 1.25 bits per heavy atom. The number of rotatable bonds is 4. The number of benzene rings is 1. The normalized spacial score (nSPS) is 11.4. The summed E-state index contributed by atoms with van der Waals surface area (Å²) >= 11 is 0. The molecule has 1 N–H and O–H groups in total. The molecule has 0 unspecified atom stereocenters. The average molecular weight is 341 g/mol. The lowest BCUT2D eigenvalue weighted by Crippen LogP contribution is -2.41. The molecule has 0 saturated heterocycles. The van der Waals surface area contributed by atoms with Gasteiger partial charge in [0, 0.05) is 24.0 Å². The Morgan fingerprint density at radius 2 is 1.83 bits per heavy atom. The Kier molecular flexibility index (Phi) is 4.63. The van der Waals surface area contributed by atoms with Gasteiger partial charge in [-0.05, 0) is 31.2 Å². The zero-order valence-electron chi connectivity index (χ0n) is 12.8. The quantitative estimate of drug-likeness (QED) is 0.927. The maximum atomic E-state index is 12.9. The lowest BCUT2D eigenvalue weighted by molar-refractivity contribution is -0.170. The van der Waals surface area contributed by atoms with Crippen LogP contribution in [0.2, 0.25) is 0 Å². The highest BCUT2D eigenvalue weighted by Gasteiger charge is 2.43. The van der Waals surface area contributed by atoms with Gasteiger partial charge in [-0.2, -0.15) is 18.3 Å². The van der Waals surface area contributed by atoms with Gasteiger partial charge in [-0.1, -0.05) is 0 Å². The molecule has 0 fully saturated rings. The number of hydrogen-bond acceptors (Lipinski definition) is 3. The summed E-state index contributed by atoms with van der Waals surface area (Å²) in [4.78, 5) is 23.2. The number of carbonyl (C=O) groups is 2. The molecule has 0 radical (unpaired) electrons. The lowest BCUT2D eigenvalue weighted by atomic mass is 10.1. The summed E-state index contributed by atoms with van der Waals surface area (Å²) in [7, 11) is 1.64. The fourth-order valence-corrected chi connectivity index (χ4v) is 2.09. The van der Waals surface area contributed by atoms with E-state index in [2.05, 4.69) is 5.10 Å². The van der Waals surface area contributed by atoms with Crippen LogP contribution in [-0.2, 0) is 18.4 Å². The first-order valence-corrected chi connectivity index (χ1v) is 6.80. The number of amides is 1. The molecule has 128 valence electrons. The van der Waals surface area contributed by atoms with Gasteiger partial charge in [0.15, 0.2) is 0 Å². The van der Waals surface area contributed by atoms with Crippen molar-refractivity contribution >= 4 is 17.6 Å². The predicted octanol–water partition coefficient (Wildman–Crippen LogP) is 2.52. The molecule has 0 aliphatic carbocycles. The Bertz CT molecular complexity index is 767. The molecular weight excluding hydrogens is 327 g/mol. The Morgan fingerprint density at radius 3 is 2.25 bits per heavy atom. The van der Waals surface area contributed by atoms with Crippen LogP contribution >= 0.6 is 0 Å². The minimum absolute atomic E-state index is 0.0504. The number of aryl methyl sites for hydroxylation is 1. The number of nitrogens with zero attached hydrogens (tertiary/aromatic N) is 3. The molecule has 0 aliphatic rings. The molecule has 0 bridgehead atoms. The topological polar surface area (TPSA) is 75.4 Å². The summed E-state index contributed by atoms with van der Waals surface area (Å²) in [5.74, 6) is -3.24. The molecule has 0 aliphatic heterocycles. The van der Waals surface area contributed by atoms with E-state index < -0.39 is 18.1 Å². The molecule has 0 saturated carbocycles. The van der Waals surface area contributed by atoms with E-state index in [4.69, 9.17) is 5.11 Å². The van der Waals surface area contributed by atoms with Gasteiger partial charge in [0.05, 0.1) is 18.3 Å². The fraction of sp³-hybridized carbons (Fsp3) is 0.267. The molecule has 6 nitrogen and oxygen atoms in total. The van der Waals surface area contributed by atoms with E-state index >= 15 is 0 Å². The van der Waals surface area contributed by atoms with Gasteiger partial charge in [0.25, 0.3) is 0 Å². The van der Waals surface area contributed by atoms with Crippen molar-refractivity contribution in [1.82, 2.24) is 9.78 Å². The maximum absolute atomic E-state index is 12.9. The number of halogens is 3. The summed E-state index contributed by atoms with van der Waals surface area (Å²) in [5.41, 5.74) is 0.941. The molecule has 0 atom stereocenters. The van der Waals surface area contributed by atoms with Crippen LogP contribution in [0.4, 0.5) is 18.9 Å². The molecule has 1 aromatic carbocycles. The minimum atomic E-state index is -5.05. The van der Waals surface area contributed by atoms with Crippen LogP contribution in [0.1, 0.15) is 21.6 Å². The smallest absolute Gasteiger partial charge is 0.471 e. The summed E-state index contributed by atoms with van der Waals surface area (Å²) < 4.78 is 40.2. The van der Waals surface area contributed by atoms with E-state index in [0.717, 1.165) is 12.1 Å². The lowest BCUT2D eigenvalue weighted by Gasteiger charge is -2.24. The van der Waals surface area contributed by atoms with Crippen LogP contribution in [-0.4, -0.2) is 32.9 Å². The third-order valence-corrected chi connectivity index (χ3v) is 3.58. The standard InChI is InChI=1S/C15H14F3N3O3/c1-9-11(7-19-20(9)2)8-21(14(24)15(16,17)18)12-5-3-10(4-6-12)13(22)23/h3-7H,8H2,1-2H3,(H,22,23). The Labute approximate surface area is 135 Å². The van der Waals surface area contributed by atoms with Crippen LogP contribution < -0.4 is 4.90 Å². The highest BCUT2D eigenvalue weighted by atomic mass is 19.4. The SMILES string of the molecule is Cc1c(CN(C(=O)C(F)(F)F)c2ccc(C(=O)O)cc2)cnn1C. The first kappa shape index (κ1) is 17.5. The molecule has 1 heterocycles. The van der Waals surface area contributed by atoms with E-state index in [0.29, 0.717) is 16.2 Å². The zero-order valence-corrected chi connectivity index (χ0v) is 12.8. The van der Waals surface area contributed by atoms with Crippen LogP contribution in [0.3, 0.4) is 0 Å². The second kappa shape index (κ2) is 6.34. The van der Waals surface area contributed by atoms with E-state index in [1.807, 2.05) is 0 Å². The van der Waals surface area contributed by atoms with Gasteiger partial charge in [0.2, 0.25) is 0 Å². The number of alkyl halides is 3. The van der Waals surface area contributed by atoms with Crippen molar-refractivity contribution in [2.45, 2.75) is 19.6 Å². The van der Waals surface area contributed by atoms with Gasteiger partial charge in [-0.25, -0.2) is 4.79 Å². The van der Waals surface area contributed by atoms with E-state index in [-0.39, 0.29) is 17.8 Å². The van der Waals surface area contributed by atoms with Crippen LogP contribution in [0, 0.1) is 6.92 Å². The second-order valence-electron chi connectivity index (χ2n) is 5.12. The van der Waals surface area contributed by atoms with Crippen molar-refractivity contribution in [2.24, 2.45) is 7.05 Å². The monoisotopic (exact) mass is 341 g/mol. The van der Waals surface area contributed by atoms with E-state index in [1.165, 1.54) is 23.0 Å². The van der Waals surface area contributed by atoms with Crippen molar-refractivity contribution in [2.75, 3.05) is 4.90 Å². The zero-order chi connectivity index (χ0) is 18.1. The molecule has 0 spiro atoms. The third kappa shape index (κ3) is 3.55. The van der Waals surface area contributed by atoms with Gasteiger partial charge < -0.3 is 10.0 Å². The van der Waals surface area contributed by atoms with Crippen molar-refractivity contribution in [3.8, 4) is 0 Å². The average Bonchev–Trinajstić information content (AvgIpc) is 2.83. The number of carbonyl (C=O) groups excluding carboxylic acids is 1. The highest BCUT2D eigenvalue weighted by molar-refractivity contribution is 5.97. The number of carboxylic acid groups (broad SMARTS) is 1. The molecule has 2 rings (SSSR count). The van der Waals surface area contributed by atoms with Crippen molar-refractivity contribution in [3.63, 3.8) is 0 Å². The summed E-state index contributed by atoms with van der Waals surface area (Å²) in [6, 6.07) is 4.62.